The molecule has 0 bridgehead atoms. The Morgan fingerprint density at radius 2 is 1.42 bits per heavy atom. The fourth-order valence-electron chi connectivity index (χ4n) is 3.36. The first-order chi connectivity index (χ1) is 15.3. The summed E-state index contributed by atoms with van der Waals surface area (Å²) < 4.78 is 12.2. The number of ether oxygens (including phenoxy) is 2. The number of benzene rings is 3. The number of fused-ring (bicyclic) bond motifs is 1. The SMILES string of the molecule is c1ccc(COc2ccc(-c3nc4ncccc4[nH]3)c(OCc3ccccc3)c2)cc1. The van der Waals surface area contributed by atoms with Crippen LogP contribution in [0.25, 0.3) is 22.6 Å². The highest BCUT2D eigenvalue weighted by molar-refractivity contribution is 5.77. The van der Waals surface area contributed by atoms with Gasteiger partial charge in [0.1, 0.15) is 30.5 Å². The van der Waals surface area contributed by atoms with Crippen LogP contribution in [-0.4, -0.2) is 15.0 Å². The van der Waals surface area contributed by atoms with Crippen LogP contribution in [-0.2, 0) is 13.2 Å². The van der Waals surface area contributed by atoms with E-state index in [1.807, 2.05) is 91.0 Å². The minimum absolute atomic E-state index is 0.453. The Kier molecular flexibility index (Phi) is 5.31. The molecule has 0 aliphatic carbocycles. The van der Waals surface area contributed by atoms with Crippen molar-refractivity contribution in [1.29, 1.82) is 0 Å². The highest BCUT2D eigenvalue weighted by Crippen LogP contribution is 2.33. The topological polar surface area (TPSA) is 60.0 Å². The molecular formula is C26H21N3O2. The lowest BCUT2D eigenvalue weighted by atomic mass is 10.1. The minimum atomic E-state index is 0.453. The van der Waals surface area contributed by atoms with Crippen molar-refractivity contribution in [2.24, 2.45) is 0 Å². The lowest BCUT2D eigenvalue weighted by Gasteiger charge is -2.13. The summed E-state index contributed by atoms with van der Waals surface area (Å²) in [6.07, 6.45) is 1.74. The van der Waals surface area contributed by atoms with Gasteiger partial charge in [-0.2, -0.15) is 0 Å². The van der Waals surface area contributed by atoms with Gasteiger partial charge in [0.05, 0.1) is 11.1 Å². The number of nitrogens with one attached hydrogen (secondary N) is 1. The van der Waals surface area contributed by atoms with Crippen LogP contribution < -0.4 is 9.47 Å². The van der Waals surface area contributed by atoms with Gasteiger partial charge in [0, 0.05) is 12.3 Å². The van der Waals surface area contributed by atoms with Crippen LogP contribution in [0.15, 0.2) is 97.2 Å². The molecule has 5 rings (SSSR count). The molecule has 5 heteroatoms. The van der Waals surface area contributed by atoms with E-state index >= 15 is 0 Å². The van der Waals surface area contributed by atoms with E-state index in [0.29, 0.717) is 30.4 Å². The quantitative estimate of drug-likeness (QED) is 0.371. The number of pyridine rings is 1. The van der Waals surface area contributed by atoms with Gasteiger partial charge in [0.25, 0.3) is 0 Å². The standard InChI is InChI=1S/C26H21N3O2/c1-3-8-19(9-4-1)17-30-21-13-14-22(25-28-23-12-7-15-27-26(23)29-25)24(16-21)31-18-20-10-5-2-6-11-20/h1-16H,17-18H2,(H,27,28,29). The third-order valence-corrected chi connectivity index (χ3v) is 4.95. The molecule has 0 atom stereocenters. The summed E-state index contributed by atoms with van der Waals surface area (Å²) in [6, 6.07) is 29.9. The van der Waals surface area contributed by atoms with Crippen molar-refractivity contribution < 1.29 is 9.47 Å². The van der Waals surface area contributed by atoms with E-state index in [4.69, 9.17) is 9.47 Å². The molecule has 0 saturated carbocycles. The highest BCUT2D eigenvalue weighted by atomic mass is 16.5. The van der Waals surface area contributed by atoms with E-state index in [9.17, 15) is 0 Å². The van der Waals surface area contributed by atoms with Crippen molar-refractivity contribution in [3.63, 3.8) is 0 Å². The van der Waals surface area contributed by atoms with Crippen molar-refractivity contribution in [3.8, 4) is 22.9 Å². The second-order valence-electron chi connectivity index (χ2n) is 7.17. The normalized spacial score (nSPS) is 10.8. The molecule has 2 aromatic heterocycles. The maximum atomic E-state index is 6.21. The predicted octanol–water partition coefficient (Wildman–Crippen LogP) is 5.78. The van der Waals surface area contributed by atoms with E-state index < -0.39 is 0 Å². The van der Waals surface area contributed by atoms with Crippen LogP contribution in [0.4, 0.5) is 0 Å². The molecule has 0 amide bonds. The average molecular weight is 407 g/mol. The van der Waals surface area contributed by atoms with Gasteiger partial charge in [-0.15, -0.1) is 0 Å². The van der Waals surface area contributed by atoms with Gasteiger partial charge in [0.2, 0.25) is 0 Å². The van der Waals surface area contributed by atoms with E-state index in [-0.39, 0.29) is 0 Å². The average Bonchev–Trinajstić information content (AvgIpc) is 3.27. The maximum Gasteiger partial charge on any atom is 0.178 e. The van der Waals surface area contributed by atoms with Crippen LogP contribution in [0.2, 0.25) is 0 Å². The van der Waals surface area contributed by atoms with E-state index in [2.05, 4.69) is 15.0 Å². The fraction of sp³-hybridized carbons (Fsp3) is 0.0769. The van der Waals surface area contributed by atoms with Gasteiger partial charge in [-0.1, -0.05) is 60.7 Å². The third-order valence-electron chi connectivity index (χ3n) is 4.95. The van der Waals surface area contributed by atoms with Crippen molar-refractivity contribution >= 4 is 11.2 Å². The zero-order chi connectivity index (χ0) is 20.9. The highest BCUT2D eigenvalue weighted by Gasteiger charge is 2.13. The maximum absolute atomic E-state index is 6.21. The minimum Gasteiger partial charge on any atom is -0.489 e. The summed E-state index contributed by atoms with van der Waals surface area (Å²) in [5, 5.41) is 0. The number of aromatic amines is 1. The summed E-state index contributed by atoms with van der Waals surface area (Å²) in [6.45, 7) is 0.946. The number of H-pyrrole nitrogens is 1. The third kappa shape index (κ3) is 4.41. The zero-order valence-corrected chi connectivity index (χ0v) is 16.9. The van der Waals surface area contributed by atoms with E-state index in [1.165, 1.54) is 0 Å². The fourth-order valence-corrected chi connectivity index (χ4v) is 3.36. The summed E-state index contributed by atoms with van der Waals surface area (Å²) in [5.74, 6) is 2.16. The second kappa shape index (κ2) is 8.71. The Hall–Kier alpha value is -4.12. The molecule has 5 aromatic rings. The Labute approximate surface area is 180 Å². The predicted molar refractivity (Wildman–Crippen MR) is 121 cm³/mol. The number of hydrogen-bond acceptors (Lipinski definition) is 4. The van der Waals surface area contributed by atoms with Gasteiger partial charge in [-0.05, 0) is 35.4 Å². The number of aromatic nitrogens is 3. The van der Waals surface area contributed by atoms with Gasteiger partial charge < -0.3 is 14.5 Å². The van der Waals surface area contributed by atoms with Crippen LogP contribution in [0.5, 0.6) is 11.5 Å². The molecule has 5 nitrogen and oxygen atoms in total. The van der Waals surface area contributed by atoms with Crippen molar-refractivity contribution in [1.82, 2.24) is 15.0 Å². The Morgan fingerprint density at radius 3 is 2.13 bits per heavy atom. The smallest absolute Gasteiger partial charge is 0.178 e. The van der Waals surface area contributed by atoms with Crippen molar-refractivity contribution in [3.05, 3.63) is 108 Å². The number of hydrogen-bond donors (Lipinski definition) is 1. The second-order valence-corrected chi connectivity index (χ2v) is 7.17. The Balaban J connectivity index is 1.45. The van der Waals surface area contributed by atoms with Crippen LogP contribution in [0.1, 0.15) is 11.1 Å². The number of nitrogens with zero attached hydrogens (tertiary/aromatic N) is 2. The molecule has 0 radical (unpaired) electrons. The molecule has 0 aliphatic heterocycles. The van der Waals surface area contributed by atoms with Gasteiger partial charge in [0.15, 0.2) is 5.65 Å². The van der Waals surface area contributed by atoms with Gasteiger partial charge in [-0.3, -0.25) is 0 Å². The lowest BCUT2D eigenvalue weighted by Crippen LogP contribution is -2.00. The molecule has 31 heavy (non-hydrogen) atoms. The van der Waals surface area contributed by atoms with Gasteiger partial charge in [-0.25, -0.2) is 9.97 Å². The first kappa shape index (κ1) is 18.9. The largest absolute Gasteiger partial charge is 0.489 e. The first-order valence-corrected chi connectivity index (χ1v) is 10.1. The molecule has 0 spiro atoms. The van der Waals surface area contributed by atoms with Gasteiger partial charge >= 0.3 is 0 Å². The van der Waals surface area contributed by atoms with E-state index in [0.717, 1.165) is 28.0 Å². The first-order valence-electron chi connectivity index (χ1n) is 10.1. The molecule has 0 fully saturated rings. The molecule has 0 saturated heterocycles. The molecule has 3 aromatic carbocycles. The Bertz CT molecular complexity index is 1250. The summed E-state index contributed by atoms with van der Waals surface area (Å²) in [7, 11) is 0. The molecule has 0 aliphatic rings. The molecular weight excluding hydrogens is 386 g/mol. The lowest BCUT2D eigenvalue weighted by molar-refractivity contribution is 0.290. The molecule has 2 heterocycles. The van der Waals surface area contributed by atoms with Crippen LogP contribution in [0.3, 0.4) is 0 Å². The molecule has 1 N–H and O–H groups in total. The summed E-state index contributed by atoms with van der Waals surface area (Å²) in [5.41, 5.74) is 4.63. The molecule has 0 unspecified atom stereocenters. The Morgan fingerprint density at radius 1 is 0.710 bits per heavy atom. The monoisotopic (exact) mass is 407 g/mol. The molecule has 152 valence electrons. The number of rotatable bonds is 7. The number of imidazole rings is 1. The van der Waals surface area contributed by atoms with E-state index in [1.54, 1.807) is 6.20 Å². The van der Waals surface area contributed by atoms with Crippen molar-refractivity contribution in [2.45, 2.75) is 13.2 Å². The summed E-state index contributed by atoms with van der Waals surface area (Å²) in [4.78, 5) is 12.3. The van der Waals surface area contributed by atoms with Crippen molar-refractivity contribution in [2.75, 3.05) is 0 Å². The zero-order valence-electron chi connectivity index (χ0n) is 16.9. The van der Waals surface area contributed by atoms with Crippen LogP contribution >= 0.6 is 0 Å². The summed E-state index contributed by atoms with van der Waals surface area (Å²) >= 11 is 0. The van der Waals surface area contributed by atoms with Crippen LogP contribution in [0, 0.1) is 0 Å².